The molecule has 182 valence electrons. The molecular formula is C22H33FN6O3S. The Hall–Kier alpha value is -2.47. The minimum Gasteiger partial charge on any atom is -0.297 e. The predicted octanol–water partition coefficient (Wildman–Crippen LogP) is 2.34. The van der Waals surface area contributed by atoms with E-state index < -0.39 is 16.0 Å². The highest BCUT2D eigenvalue weighted by Crippen LogP contribution is 2.22. The van der Waals surface area contributed by atoms with Crippen molar-refractivity contribution in [3.05, 3.63) is 54.0 Å². The van der Waals surface area contributed by atoms with Crippen LogP contribution in [0.25, 0.3) is 0 Å². The largest absolute Gasteiger partial charge is 0.340 e. The molecule has 2 atom stereocenters. The van der Waals surface area contributed by atoms with Crippen LogP contribution in [0.1, 0.15) is 25.3 Å². The van der Waals surface area contributed by atoms with Gasteiger partial charge in [-0.3, -0.25) is 20.7 Å². The van der Waals surface area contributed by atoms with Crippen LogP contribution in [-0.2, 0) is 16.8 Å². The first-order chi connectivity index (χ1) is 15.6. The molecule has 1 aromatic rings. The number of likely N-dealkylation sites (tertiary alicyclic amines) is 1. The molecule has 0 bridgehead atoms. The second-order valence-electron chi connectivity index (χ2n) is 8.62. The van der Waals surface area contributed by atoms with Crippen molar-refractivity contribution in [2.24, 2.45) is 0 Å². The van der Waals surface area contributed by atoms with Gasteiger partial charge in [-0.2, -0.15) is 17.0 Å². The number of piperidine rings is 1. The van der Waals surface area contributed by atoms with Gasteiger partial charge in [0.15, 0.2) is 0 Å². The van der Waals surface area contributed by atoms with Crippen molar-refractivity contribution < 1.29 is 17.6 Å². The van der Waals surface area contributed by atoms with Gasteiger partial charge < -0.3 is 0 Å². The Morgan fingerprint density at radius 3 is 2.67 bits per heavy atom. The van der Waals surface area contributed by atoms with Crippen LogP contribution in [0.3, 0.4) is 0 Å². The standard InChI is InChI=1S/C22H33FN6O3S/c1-17-8-5-6-11-29(17)22(30)25-24-20-13-18(12-19(23)14-20)15-28-10-7-9-21(16-28)27(4)33(31,32)26(2)3/h5-6,8,11-14,17,21,24H,7,9-10,15-16H2,1-4H3,(H,25,30)/t17?,21-/m1/s1. The number of likely N-dealkylation sites (N-methyl/N-ethyl adjacent to an activating group) is 1. The molecule has 1 unspecified atom stereocenters. The third-order valence-corrected chi connectivity index (χ3v) is 7.87. The Morgan fingerprint density at radius 1 is 1.21 bits per heavy atom. The van der Waals surface area contributed by atoms with Crippen LogP contribution in [-0.4, -0.2) is 79.2 Å². The van der Waals surface area contributed by atoms with Gasteiger partial charge in [-0.1, -0.05) is 12.2 Å². The number of hydrazine groups is 1. The van der Waals surface area contributed by atoms with E-state index in [0.717, 1.165) is 24.9 Å². The summed E-state index contributed by atoms with van der Waals surface area (Å²) < 4.78 is 41.9. The van der Waals surface area contributed by atoms with Crippen LogP contribution in [0, 0.1) is 5.82 Å². The number of amides is 2. The molecule has 2 N–H and O–H groups in total. The summed E-state index contributed by atoms with van der Waals surface area (Å²) >= 11 is 0. The van der Waals surface area contributed by atoms with Gasteiger partial charge in [0, 0.05) is 46.5 Å². The van der Waals surface area contributed by atoms with Gasteiger partial charge in [-0.25, -0.2) is 9.18 Å². The highest BCUT2D eigenvalue weighted by atomic mass is 32.2. The first kappa shape index (κ1) is 25.2. The van der Waals surface area contributed by atoms with Gasteiger partial charge in [0.2, 0.25) is 0 Å². The Kier molecular flexibility index (Phi) is 8.11. The number of halogens is 1. The van der Waals surface area contributed by atoms with Gasteiger partial charge in [-0.15, -0.1) is 0 Å². The molecular weight excluding hydrogens is 447 g/mol. The number of rotatable bonds is 7. The van der Waals surface area contributed by atoms with E-state index in [-0.39, 0.29) is 18.1 Å². The molecule has 9 nitrogen and oxygen atoms in total. The maximum absolute atomic E-state index is 14.3. The molecule has 2 amide bonds. The summed E-state index contributed by atoms with van der Waals surface area (Å²) in [6.07, 6.45) is 8.85. The Bertz CT molecular complexity index is 1010. The van der Waals surface area contributed by atoms with Crippen molar-refractivity contribution in [1.29, 1.82) is 0 Å². The molecule has 0 saturated carbocycles. The highest BCUT2D eigenvalue weighted by Gasteiger charge is 2.31. The molecule has 2 heterocycles. The monoisotopic (exact) mass is 480 g/mol. The molecule has 33 heavy (non-hydrogen) atoms. The average molecular weight is 481 g/mol. The van der Waals surface area contributed by atoms with Crippen molar-refractivity contribution in [2.75, 3.05) is 39.7 Å². The lowest BCUT2D eigenvalue weighted by molar-refractivity contribution is 0.150. The SMILES string of the molecule is CC1C=CC=CN1C(=O)NNc1cc(F)cc(CN2CCC[C@@H](N(C)S(=O)(=O)N(C)C)C2)c1. The van der Waals surface area contributed by atoms with Crippen LogP contribution in [0.15, 0.2) is 42.6 Å². The minimum absolute atomic E-state index is 0.0821. The lowest BCUT2D eigenvalue weighted by Crippen LogP contribution is -2.50. The van der Waals surface area contributed by atoms with Crippen molar-refractivity contribution in [2.45, 2.75) is 38.4 Å². The first-order valence-corrected chi connectivity index (χ1v) is 12.3. The quantitative estimate of drug-likeness (QED) is 0.585. The number of nitrogens with one attached hydrogen (secondary N) is 2. The van der Waals surface area contributed by atoms with Crippen molar-refractivity contribution in [3.8, 4) is 0 Å². The van der Waals surface area contributed by atoms with Crippen LogP contribution in [0.5, 0.6) is 0 Å². The normalized spacial score (nSPS) is 21.6. The van der Waals surface area contributed by atoms with Gasteiger partial charge in [-0.05, 0) is 56.1 Å². The molecule has 1 saturated heterocycles. The maximum Gasteiger partial charge on any atom is 0.340 e. The van der Waals surface area contributed by atoms with E-state index in [2.05, 4.69) is 15.8 Å². The van der Waals surface area contributed by atoms with Crippen molar-refractivity contribution in [1.82, 2.24) is 23.8 Å². The van der Waals surface area contributed by atoms with Crippen LogP contribution in [0.2, 0.25) is 0 Å². The van der Waals surface area contributed by atoms with Gasteiger partial charge >= 0.3 is 6.03 Å². The molecule has 1 fully saturated rings. The summed E-state index contributed by atoms with van der Waals surface area (Å²) in [5.41, 5.74) is 6.56. The number of carbonyl (C=O) groups excluding carboxylic acids is 1. The van der Waals surface area contributed by atoms with Gasteiger partial charge in [0.05, 0.1) is 11.7 Å². The molecule has 1 aromatic carbocycles. The number of hydrogen-bond acceptors (Lipinski definition) is 5. The Labute approximate surface area is 195 Å². The summed E-state index contributed by atoms with van der Waals surface area (Å²) in [6.45, 7) is 3.73. The smallest absolute Gasteiger partial charge is 0.297 e. The predicted molar refractivity (Wildman–Crippen MR) is 127 cm³/mol. The summed E-state index contributed by atoms with van der Waals surface area (Å²) in [5.74, 6) is -0.417. The summed E-state index contributed by atoms with van der Waals surface area (Å²) in [5, 5.41) is 0. The number of hydrogen-bond donors (Lipinski definition) is 2. The Balaban J connectivity index is 1.62. The third kappa shape index (κ3) is 6.32. The van der Waals surface area contributed by atoms with Gasteiger partial charge in [0.25, 0.3) is 10.2 Å². The summed E-state index contributed by atoms with van der Waals surface area (Å²) in [4.78, 5) is 16.1. The number of benzene rings is 1. The van der Waals surface area contributed by atoms with Crippen LogP contribution < -0.4 is 10.9 Å². The number of nitrogens with zero attached hydrogens (tertiary/aromatic N) is 4. The second-order valence-corrected chi connectivity index (χ2v) is 10.8. The molecule has 0 spiro atoms. The van der Waals surface area contributed by atoms with Crippen molar-refractivity contribution >= 4 is 21.9 Å². The van der Waals surface area contributed by atoms with E-state index in [1.54, 1.807) is 25.4 Å². The zero-order chi connectivity index (χ0) is 24.2. The van der Waals surface area contributed by atoms with Crippen LogP contribution in [0.4, 0.5) is 14.9 Å². The summed E-state index contributed by atoms with van der Waals surface area (Å²) in [6, 6.07) is 3.97. The lowest BCUT2D eigenvalue weighted by Gasteiger charge is -2.37. The molecule has 0 aromatic heterocycles. The first-order valence-electron chi connectivity index (χ1n) is 10.9. The fourth-order valence-electron chi connectivity index (χ4n) is 4.03. The molecule has 2 aliphatic rings. The van der Waals surface area contributed by atoms with Crippen molar-refractivity contribution in [3.63, 3.8) is 0 Å². The van der Waals surface area contributed by atoms with E-state index in [9.17, 15) is 17.6 Å². The highest BCUT2D eigenvalue weighted by molar-refractivity contribution is 7.86. The molecule has 11 heteroatoms. The Morgan fingerprint density at radius 2 is 1.97 bits per heavy atom. The third-order valence-electron chi connectivity index (χ3n) is 5.92. The zero-order valence-electron chi connectivity index (χ0n) is 19.5. The average Bonchev–Trinajstić information content (AvgIpc) is 2.77. The number of allylic oxidation sites excluding steroid dienone is 2. The number of carbonyl (C=O) groups is 1. The maximum atomic E-state index is 14.3. The van der Waals surface area contributed by atoms with E-state index in [1.165, 1.54) is 39.7 Å². The zero-order valence-corrected chi connectivity index (χ0v) is 20.3. The second kappa shape index (κ2) is 10.6. The minimum atomic E-state index is -3.50. The topological polar surface area (TPSA) is 88.2 Å². The van der Waals surface area contributed by atoms with E-state index in [0.29, 0.717) is 18.8 Å². The number of urea groups is 1. The number of anilines is 1. The van der Waals surface area contributed by atoms with E-state index in [1.807, 2.05) is 19.1 Å². The summed E-state index contributed by atoms with van der Waals surface area (Å²) in [7, 11) is 1.14. The van der Waals surface area contributed by atoms with Crippen LogP contribution >= 0.6 is 0 Å². The molecule has 2 aliphatic heterocycles. The van der Waals surface area contributed by atoms with E-state index in [4.69, 9.17) is 0 Å². The molecule has 0 radical (unpaired) electrons. The van der Waals surface area contributed by atoms with Gasteiger partial charge in [0.1, 0.15) is 5.82 Å². The molecule has 0 aliphatic carbocycles. The van der Waals surface area contributed by atoms with E-state index >= 15 is 0 Å². The fraction of sp³-hybridized carbons (Fsp3) is 0.500. The molecule has 3 rings (SSSR count). The fourth-order valence-corrected chi connectivity index (χ4v) is 5.09. The lowest BCUT2D eigenvalue weighted by atomic mass is 10.0.